The van der Waals surface area contributed by atoms with Gasteiger partial charge in [0.05, 0.1) is 12.6 Å². The number of ether oxygens (including phenoxy) is 2. The van der Waals surface area contributed by atoms with E-state index in [2.05, 4.69) is 10.3 Å². The van der Waals surface area contributed by atoms with Gasteiger partial charge in [-0.05, 0) is 57.0 Å². The van der Waals surface area contributed by atoms with Crippen molar-refractivity contribution in [3.63, 3.8) is 0 Å². The highest BCUT2D eigenvalue weighted by molar-refractivity contribution is 5.90. The average Bonchev–Trinajstić information content (AvgIpc) is 2.61. The number of nitrogens with zero attached hydrogens (tertiary/aromatic N) is 1. The first-order valence-corrected chi connectivity index (χ1v) is 8.73. The van der Waals surface area contributed by atoms with Gasteiger partial charge in [0.2, 0.25) is 5.88 Å². The zero-order chi connectivity index (χ0) is 20.7. The Balaban J connectivity index is 2.00. The molecule has 0 bridgehead atoms. The van der Waals surface area contributed by atoms with Crippen molar-refractivity contribution in [2.45, 2.75) is 38.8 Å². The van der Waals surface area contributed by atoms with E-state index in [-0.39, 0.29) is 18.1 Å². The fourth-order valence-electron chi connectivity index (χ4n) is 2.36. The van der Waals surface area contributed by atoms with Crippen molar-refractivity contribution in [1.82, 2.24) is 10.3 Å². The number of carbonyl (C=O) groups excluding carboxylic acids is 1. The van der Waals surface area contributed by atoms with Crippen LogP contribution in [0.1, 0.15) is 36.7 Å². The Kier molecular flexibility index (Phi) is 6.94. The van der Waals surface area contributed by atoms with Gasteiger partial charge in [0, 0.05) is 6.20 Å². The Morgan fingerprint density at radius 2 is 1.86 bits per heavy atom. The molecule has 0 aliphatic heterocycles. The summed E-state index contributed by atoms with van der Waals surface area (Å²) in [6.45, 7) is 5.04. The summed E-state index contributed by atoms with van der Waals surface area (Å²) < 4.78 is 10.7. The smallest absolute Gasteiger partial charge is 0.407 e. The minimum absolute atomic E-state index is 0.00239. The van der Waals surface area contributed by atoms with E-state index < -0.39 is 23.7 Å². The summed E-state index contributed by atoms with van der Waals surface area (Å²) in [5.74, 6) is -0.702. The third-order valence-corrected chi connectivity index (χ3v) is 3.56. The Labute approximate surface area is 163 Å². The van der Waals surface area contributed by atoms with Gasteiger partial charge in [0.1, 0.15) is 16.9 Å². The number of pyridine rings is 1. The first kappa shape index (κ1) is 21.2. The number of carboxylic acids is 1. The Hall–Kier alpha value is -3.13. The van der Waals surface area contributed by atoms with Crippen molar-refractivity contribution < 1.29 is 29.3 Å². The topological polar surface area (TPSA) is 118 Å². The van der Waals surface area contributed by atoms with Crippen LogP contribution in [0.15, 0.2) is 42.6 Å². The van der Waals surface area contributed by atoms with E-state index in [1.54, 1.807) is 45.0 Å². The fraction of sp³-hybridized carbons (Fsp3) is 0.350. The van der Waals surface area contributed by atoms with E-state index in [1.807, 2.05) is 0 Å². The average molecular weight is 388 g/mol. The van der Waals surface area contributed by atoms with Crippen molar-refractivity contribution in [3.05, 3.63) is 53.7 Å². The van der Waals surface area contributed by atoms with Crippen LogP contribution in [0, 0.1) is 0 Å². The predicted molar refractivity (Wildman–Crippen MR) is 102 cm³/mol. The van der Waals surface area contributed by atoms with Crippen LogP contribution in [0.25, 0.3) is 0 Å². The maximum absolute atomic E-state index is 11.8. The van der Waals surface area contributed by atoms with Crippen LogP contribution in [0.3, 0.4) is 0 Å². The monoisotopic (exact) mass is 388 g/mol. The van der Waals surface area contributed by atoms with Crippen molar-refractivity contribution in [3.8, 4) is 11.6 Å². The highest BCUT2D eigenvalue weighted by Gasteiger charge is 2.19. The molecule has 28 heavy (non-hydrogen) atoms. The molecular formula is C20H24N2O6. The molecule has 2 rings (SSSR count). The molecule has 8 nitrogen and oxygen atoms in total. The molecule has 0 fully saturated rings. The van der Waals surface area contributed by atoms with Crippen LogP contribution >= 0.6 is 0 Å². The Morgan fingerprint density at radius 3 is 2.43 bits per heavy atom. The van der Waals surface area contributed by atoms with Crippen molar-refractivity contribution in [2.75, 3.05) is 6.61 Å². The number of hydrogen-bond donors (Lipinski definition) is 3. The van der Waals surface area contributed by atoms with Gasteiger partial charge in [-0.1, -0.05) is 12.1 Å². The van der Waals surface area contributed by atoms with Gasteiger partial charge in [-0.15, -0.1) is 0 Å². The number of benzene rings is 1. The van der Waals surface area contributed by atoms with Crippen molar-refractivity contribution in [1.29, 1.82) is 0 Å². The second-order valence-electron chi connectivity index (χ2n) is 7.14. The zero-order valence-electron chi connectivity index (χ0n) is 16.0. The van der Waals surface area contributed by atoms with Gasteiger partial charge in [0.25, 0.3) is 0 Å². The molecule has 1 amide bonds. The molecular weight excluding hydrogens is 364 g/mol. The first-order valence-electron chi connectivity index (χ1n) is 8.73. The van der Waals surface area contributed by atoms with Crippen molar-refractivity contribution in [2.24, 2.45) is 0 Å². The number of carboxylic acid groups (broad SMARTS) is 1. The number of nitrogens with one attached hydrogen (secondary N) is 1. The summed E-state index contributed by atoms with van der Waals surface area (Å²) in [6, 6.07) is 9.28. The van der Waals surface area contributed by atoms with Gasteiger partial charge in [-0.25, -0.2) is 14.6 Å². The maximum atomic E-state index is 11.8. The number of aliphatic hydroxyl groups excluding tert-OH is 1. The van der Waals surface area contributed by atoms with Gasteiger partial charge in [-0.2, -0.15) is 0 Å². The molecule has 1 aromatic carbocycles. The first-order chi connectivity index (χ1) is 13.2. The lowest BCUT2D eigenvalue weighted by Crippen LogP contribution is -2.42. The molecule has 0 saturated carbocycles. The van der Waals surface area contributed by atoms with E-state index in [4.69, 9.17) is 14.6 Å². The lowest BCUT2D eigenvalue weighted by atomic mass is 10.1. The second kappa shape index (κ2) is 9.18. The Morgan fingerprint density at radius 1 is 1.18 bits per heavy atom. The van der Waals surface area contributed by atoms with Crippen LogP contribution in [0.5, 0.6) is 11.6 Å². The zero-order valence-corrected chi connectivity index (χ0v) is 16.0. The van der Waals surface area contributed by atoms with Gasteiger partial charge in [-0.3, -0.25) is 0 Å². The molecule has 8 heteroatoms. The normalized spacial score (nSPS) is 12.1. The lowest BCUT2D eigenvalue weighted by Gasteiger charge is -2.22. The second-order valence-corrected chi connectivity index (χ2v) is 7.14. The van der Waals surface area contributed by atoms with E-state index in [9.17, 15) is 14.7 Å². The van der Waals surface area contributed by atoms with Crippen LogP contribution < -0.4 is 10.1 Å². The molecule has 0 spiro atoms. The fourth-order valence-corrected chi connectivity index (χ4v) is 2.36. The highest BCUT2D eigenvalue weighted by Crippen LogP contribution is 2.23. The number of amides is 1. The number of aromatic carboxylic acids is 1. The molecule has 0 saturated heterocycles. The SMILES string of the molecule is CC(C)(C)OC(=O)NC(CO)Cc1ccc(Oc2ncccc2C(=O)O)cc1. The molecule has 2 aromatic rings. The molecule has 1 unspecified atom stereocenters. The van der Waals surface area contributed by atoms with E-state index >= 15 is 0 Å². The number of aromatic nitrogens is 1. The van der Waals surface area contributed by atoms with Crippen LogP contribution in [-0.4, -0.2) is 45.5 Å². The number of hydrogen-bond acceptors (Lipinski definition) is 6. The molecule has 1 heterocycles. The molecule has 1 atom stereocenters. The molecule has 0 aliphatic rings. The number of carbonyl (C=O) groups is 2. The van der Waals surface area contributed by atoms with Gasteiger partial charge in [0.15, 0.2) is 0 Å². The molecule has 0 radical (unpaired) electrons. The molecule has 0 aliphatic carbocycles. The summed E-state index contributed by atoms with van der Waals surface area (Å²) in [5.41, 5.74) is 0.194. The standard InChI is InChI=1S/C20H24N2O6/c1-20(2,3)28-19(26)22-14(12-23)11-13-6-8-15(9-7-13)27-17-16(18(24)25)5-4-10-21-17/h4-10,14,23H,11-12H2,1-3H3,(H,22,26)(H,24,25). The van der Waals surface area contributed by atoms with Crippen LogP contribution in [0.4, 0.5) is 4.79 Å². The number of alkyl carbamates (subject to hydrolysis) is 1. The van der Waals surface area contributed by atoms with Crippen LogP contribution in [0.2, 0.25) is 0 Å². The quantitative estimate of drug-likeness (QED) is 0.667. The molecule has 1 aromatic heterocycles. The summed E-state index contributed by atoms with van der Waals surface area (Å²) >= 11 is 0. The third-order valence-electron chi connectivity index (χ3n) is 3.56. The van der Waals surface area contributed by atoms with E-state index in [1.165, 1.54) is 18.3 Å². The molecule has 3 N–H and O–H groups in total. The number of aliphatic hydroxyl groups is 1. The summed E-state index contributed by atoms with van der Waals surface area (Å²) in [7, 11) is 0. The summed E-state index contributed by atoms with van der Waals surface area (Å²) in [4.78, 5) is 27.0. The summed E-state index contributed by atoms with van der Waals surface area (Å²) in [6.07, 6.45) is 1.24. The van der Waals surface area contributed by atoms with E-state index in [0.29, 0.717) is 12.2 Å². The van der Waals surface area contributed by atoms with E-state index in [0.717, 1.165) is 5.56 Å². The Bertz CT molecular complexity index is 814. The lowest BCUT2D eigenvalue weighted by molar-refractivity contribution is 0.0482. The van der Waals surface area contributed by atoms with Crippen molar-refractivity contribution >= 4 is 12.1 Å². The predicted octanol–water partition coefficient (Wildman–Crippen LogP) is 3.00. The van der Waals surface area contributed by atoms with Gasteiger partial charge < -0.3 is 25.0 Å². The minimum atomic E-state index is -1.13. The minimum Gasteiger partial charge on any atom is -0.477 e. The molecule has 150 valence electrons. The number of rotatable bonds is 7. The highest BCUT2D eigenvalue weighted by atomic mass is 16.6. The van der Waals surface area contributed by atoms with Gasteiger partial charge >= 0.3 is 12.1 Å². The third kappa shape index (κ3) is 6.55. The maximum Gasteiger partial charge on any atom is 0.407 e. The summed E-state index contributed by atoms with van der Waals surface area (Å²) in [5, 5.41) is 21.3. The largest absolute Gasteiger partial charge is 0.477 e. The van der Waals surface area contributed by atoms with Crippen LogP contribution in [-0.2, 0) is 11.2 Å².